The maximum absolute atomic E-state index is 13.5. The van der Waals surface area contributed by atoms with Crippen LogP contribution < -0.4 is 5.73 Å². The van der Waals surface area contributed by atoms with Crippen LogP contribution >= 0.6 is 0 Å². The van der Waals surface area contributed by atoms with Gasteiger partial charge < -0.3 is 10.5 Å². The van der Waals surface area contributed by atoms with Crippen molar-refractivity contribution in [2.45, 2.75) is 11.1 Å². The van der Waals surface area contributed by atoms with Gasteiger partial charge in [0.25, 0.3) is 10.0 Å². The molecule has 19 heavy (non-hydrogen) atoms. The highest BCUT2D eigenvalue weighted by Crippen LogP contribution is 2.19. The second kappa shape index (κ2) is 5.19. The summed E-state index contributed by atoms with van der Waals surface area (Å²) in [4.78, 5) is 3.56. The lowest BCUT2D eigenvalue weighted by molar-refractivity contribution is 0.0366. The summed E-state index contributed by atoms with van der Waals surface area (Å²) in [6.45, 7) is 0.0493. The van der Waals surface area contributed by atoms with Crippen LogP contribution in [0.5, 0.6) is 0 Å². The van der Waals surface area contributed by atoms with E-state index in [1.807, 2.05) is 0 Å². The summed E-state index contributed by atoms with van der Waals surface area (Å²) in [5, 5.41) is 6.65. The molecule has 3 N–H and O–H groups in total. The first-order valence-corrected chi connectivity index (χ1v) is 6.93. The Kier molecular flexibility index (Phi) is 3.78. The predicted molar refractivity (Wildman–Crippen MR) is 64.6 cm³/mol. The van der Waals surface area contributed by atoms with Gasteiger partial charge in [-0.25, -0.2) is 17.8 Å². The summed E-state index contributed by atoms with van der Waals surface area (Å²) in [7, 11) is -4.04. The van der Waals surface area contributed by atoms with E-state index in [9.17, 15) is 12.8 Å². The monoisotopic (exact) mass is 288 g/mol. The van der Waals surface area contributed by atoms with E-state index < -0.39 is 27.0 Å². The van der Waals surface area contributed by atoms with Crippen molar-refractivity contribution >= 4 is 15.9 Å². The number of hydrogen-bond acceptors (Lipinski definition) is 5. The van der Waals surface area contributed by atoms with E-state index in [1.165, 1.54) is 12.3 Å². The highest BCUT2D eigenvalue weighted by atomic mass is 32.2. The molecule has 1 aromatic heterocycles. The van der Waals surface area contributed by atoms with Crippen molar-refractivity contribution in [2.24, 2.45) is 5.73 Å². The van der Waals surface area contributed by atoms with Gasteiger partial charge in [0.1, 0.15) is 11.9 Å². The predicted octanol–water partition coefficient (Wildman–Crippen LogP) is -0.454. The minimum atomic E-state index is -4.04. The van der Waals surface area contributed by atoms with Gasteiger partial charge >= 0.3 is 0 Å². The maximum Gasteiger partial charge on any atom is 0.263 e. The Morgan fingerprint density at radius 3 is 3.00 bits per heavy atom. The van der Waals surface area contributed by atoms with Crippen LogP contribution in [0.4, 0.5) is 4.39 Å². The normalized spacial score (nSPS) is 21.2. The zero-order chi connectivity index (χ0) is 14.0. The molecule has 1 atom stereocenters. The third kappa shape index (κ3) is 2.72. The Hall–Kier alpha value is -1.58. The average Bonchev–Trinajstić information content (AvgIpc) is 2.39. The zero-order valence-corrected chi connectivity index (χ0v) is 10.7. The molecule has 0 amide bonds. The lowest BCUT2D eigenvalue weighted by Gasteiger charge is -2.31. The average molecular weight is 288 g/mol. The molecule has 0 aliphatic carbocycles. The fourth-order valence-corrected chi connectivity index (χ4v) is 3.12. The maximum atomic E-state index is 13.5. The summed E-state index contributed by atoms with van der Waals surface area (Å²) < 4.78 is 44.2. The molecular formula is C10H13FN4O3S. The zero-order valence-electron chi connectivity index (χ0n) is 9.91. The van der Waals surface area contributed by atoms with E-state index in [4.69, 9.17) is 15.9 Å². The Labute approximate surface area is 109 Å². The lowest BCUT2D eigenvalue weighted by Crippen LogP contribution is -2.50. The molecule has 9 heteroatoms. The summed E-state index contributed by atoms with van der Waals surface area (Å²) >= 11 is 0. The van der Waals surface area contributed by atoms with Crippen LogP contribution in [-0.2, 0) is 14.8 Å². The molecule has 0 saturated carbocycles. The van der Waals surface area contributed by atoms with Crippen molar-refractivity contribution in [3.05, 3.63) is 24.1 Å². The number of hydrogen-bond donors (Lipinski definition) is 2. The van der Waals surface area contributed by atoms with Crippen LogP contribution in [0.2, 0.25) is 0 Å². The van der Waals surface area contributed by atoms with Crippen LogP contribution in [0.25, 0.3) is 0 Å². The van der Waals surface area contributed by atoms with Crippen LogP contribution in [0.3, 0.4) is 0 Å². The molecule has 0 aromatic carbocycles. The van der Waals surface area contributed by atoms with Gasteiger partial charge in [-0.05, 0) is 12.1 Å². The van der Waals surface area contributed by atoms with Crippen molar-refractivity contribution in [3.63, 3.8) is 0 Å². The molecule has 1 saturated heterocycles. The Morgan fingerprint density at radius 2 is 2.37 bits per heavy atom. The molecule has 1 aliphatic rings. The molecule has 1 fully saturated rings. The molecule has 7 nitrogen and oxygen atoms in total. The number of ether oxygens (including phenoxy) is 1. The number of halogens is 1. The summed E-state index contributed by atoms with van der Waals surface area (Å²) in [6, 6.07) is 2.34. The van der Waals surface area contributed by atoms with Crippen molar-refractivity contribution < 1.29 is 17.5 Å². The summed E-state index contributed by atoms with van der Waals surface area (Å²) in [5.74, 6) is -1.17. The summed E-state index contributed by atoms with van der Waals surface area (Å²) in [5.41, 5.74) is 5.29. The smallest absolute Gasteiger partial charge is 0.263 e. The van der Waals surface area contributed by atoms with E-state index in [0.29, 0.717) is 0 Å². The molecule has 1 unspecified atom stereocenters. The van der Waals surface area contributed by atoms with Crippen molar-refractivity contribution in [1.29, 1.82) is 5.41 Å². The van der Waals surface area contributed by atoms with Gasteiger partial charge in [-0.2, -0.15) is 4.31 Å². The van der Waals surface area contributed by atoms with Crippen LogP contribution in [-0.4, -0.2) is 49.3 Å². The molecule has 0 radical (unpaired) electrons. The fraction of sp³-hybridized carbons (Fsp3) is 0.400. The summed E-state index contributed by atoms with van der Waals surface area (Å²) in [6.07, 6.45) is 0.397. The number of nitrogens with two attached hydrogens (primary N) is 1. The Morgan fingerprint density at radius 1 is 1.63 bits per heavy atom. The van der Waals surface area contributed by atoms with Gasteiger partial charge in [-0.3, -0.25) is 5.41 Å². The molecule has 1 aliphatic heterocycles. The first kappa shape index (κ1) is 13.8. The first-order valence-electron chi connectivity index (χ1n) is 5.49. The topological polar surface area (TPSA) is 109 Å². The Balaban J connectivity index is 2.30. The van der Waals surface area contributed by atoms with Gasteiger partial charge in [0.05, 0.1) is 6.61 Å². The molecule has 1 aromatic rings. The van der Waals surface area contributed by atoms with E-state index in [0.717, 1.165) is 10.4 Å². The van der Waals surface area contributed by atoms with Crippen LogP contribution in [0.1, 0.15) is 0 Å². The molecule has 2 rings (SSSR count). The number of nitrogens with zero attached hydrogens (tertiary/aromatic N) is 2. The number of rotatable bonds is 3. The number of amidine groups is 1. The second-order valence-electron chi connectivity index (χ2n) is 3.97. The molecular weight excluding hydrogens is 275 g/mol. The van der Waals surface area contributed by atoms with Gasteiger partial charge in [0, 0.05) is 19.3 Å². The van der Waals surface area contributed by atoms with E-state index >= 15 is 0 Å². The molecule has 0 bridgehead atoms. The molecule has 104 valence electrons. The minimum absolute atomic E-state index is 0.0716. The number of pyridine rings is 1. The third-order valence-corrected chi connectivity index (χ3v) is 4.49. The van der Waals surface area contributed by atoms with Gasteiger partial charge in [-0.1, -0.05) is 0 Å². The third-order valence-electron chi connectivity index (χ3n) is 2.69. The van der Waals surface area contributed by atoms with Crippen LogP contribution in [0.15, 0.2) is 23.4 Å². The fourth-order valence-electron chi connectivity index (χ4n) is 1.72. The van der Waals surface area contributed by atoms with Gasteiger partial charge in [0.15, 0.2) is 5.82 Å². The Bertz CT molecular complexity index is 592. The van der Waals surface area contributed by atoms with E-state index in [-0.39, 0.29) is 25.5 Å². The molecule has 2 heterocycles. The standard InChI is InChI=1S/C10H13FN4O3S/c11-7-2-1-3-14-10(7)19(16,17)15-4-5-18-8(6-15)9(12)13/h1-3,8H,4-6H2,(H3,12,13). The van der Waals surface area contributed by atoms with E-state index in [1.54, 1.807) is 0 Å². The van der Waals surface area contributed by atoms with Crippen molar-refractivity contribution in [2.75, 3.05) is 19.7 Å². The number of sulfonamides is 1. The second-order valence-corrected chi connectivity index (χ2v) is 5.82. The van der Waals surface area contributed by atoms with Crippen molar-refractivity contribution in [3.8, 4) is 0 Å². The highest BCUT2D eigenvalue weighted by molar-refractivity contribution is 7.89. The van der Waals surface area contributed by atoms with Gasteiger partial charge in [0.2, 0.25) is 5.03 Å². The lowest BCUT2D eigenvalue weighted by atomic mass is 10.3. The minimum Gasteiger partial charge on any atom is -0.385 e. The number of morpholine rings is 1. The number of aromatic nitrogens is 1. The quantitative estimate of drug-likeness (QED) is 0.578. The highest BCUT2D eigenvalue weighted by Gasteiger charge is 2.34. The SMILES string of the molecule is N=C(N)C1CN(S(=O)(=O)c2ncccc2F)CCO1. The van der Waals surface area contributed by atoms with Crippen molar-refractivity contribution in [1.82, 2.24) is 9.29 Å². The largest absolute Gasteiger partial charge is 0.385 e. The van der Waals surface area contributed by atoms with E-state index in [2.05, 4.69) is 4.98 Å². The van der Waals surface area contributed by atoms with Crippen LogP contribution in [0, 0.1) is 11.2 Å². The number of nitrogens with one attached hydrogen (secondary N) is 1. The van der Waals surface area contributed by atoms with Gasteiger partial charge in [-0.15, -0.1) is 0 Å². The first-order chi connectivity index (χ1) is 8.93. The molecule has 0 spiro atoms.